The Labute approximate surface area is 156 Å². The predicted octanol–water partition coefficient (Wildman–Crippen LogP) is 0.479. The molecule has 8 nitrogen and oxygen atoms in total. The summed E-state index contributed by atoms with van der Waals surface area (Å²) in [6.45, 7) is 2.31. The lowest BCUT2D eigenvalue weighted by atomic mass is 9.81. The lowest BCUT2D eigenvalue weighted by Crippen LogP contribution is -2.67. The molecule has 4 rings (SSSR count). The Bertz CT molecular complexity index is 805. The molecule has 3 heterocycles. The van der Waals surface area contributed by atoms with Gasteiger partial charge in [0.05, 0.1) is 24.0 Å². The molecule has 0 aromatic carbocycles. The summed E-state index contributed by atoms with van der Waals surface area (Å²) in [4.78, 5) is 42.2. The van der Waals surface area contributed by atoms with Crippen molar-refractivity contribution in [2.75, 3.05) is 31.1 Å². The first-order valence-corrected chi connectivity index (χ1v) is 9.30. The number of likely N-dealkylation sites (tertiary alicyclic amines) is 1. The Morgan fingerprint density at radius 2 is 1.96 bits per heavy atom. The molecule has 1 aromatic heterocycles. The molecule has 3 amide bonds. The van der Waals surface area contributed by atoms with Crippen molar-refractivity contribution >= 4 is 23.4 Å². The van der Waals surface area contributed by atoms with Gasteiger partial charge in [-0.2, -0.15) is 5.10 Å². The van der Waals surface area contributed by atoms with Crippen molar-refractivity contribution in [2.24, 2.45) is 7.05 Å². The fourth-order valence-electron chi connectivity index (χ4n) is 4.45. The maximum absolute atomic E-state index is 14.6. The Morgan fingerprint density at radius 3 is 2.52 bits per heavy atom. The van der Waals surface area contributed by atoms with Crippen LogP contribution in [0.4, 0.5) is 10.1 Å². The minimum atomic E-state index is -1.75. The molecule has 0 radical (unpaired) electrons. The number of hydrogen-bond donors (Lipinski definition) is 0. The normalized spacial score (nSPS) is 27.2. The van der Waals surface area contributed by atoms with Crippen molar-refractivity contribution in [2.45, 2.75) is 43.8 Å². The summed E-state index contributed by atoms with van der Waals surface area (Å²) in [5, 5.41) is 4.12. The van der Waals surface area contributed by atoms with Crippen LogP contribution < -0.4 is 4.90 Å². The fourth-order valence-corrected chi connectivity index (χ4v) is 4.45. The zero-order valence-corrected chi connectivity index (χ0v) is 15.7. The standard InChI is InChI=1S/C18H24FN5O3/c1-13(25)24-10-15(26)23(14-8-20-21(2)9-14)12-17(24)6-7-22(11-17)16(27)18(19)4-3-5-18/h8-9H,3-7,10-12H2,1-2H3. The van der Waals surface area contributed by atoms with E-state index in [2.05, 4.69) is 5.10 Å². The zero-order valence-electron chi connectivity index (χ0n) is 15.7. The second-order valence-electron chi connectivity index (χ2n) is 7.98. The van der Waals surface area contributed by atoms with Gasteiger partial charge >= 0.3 is 0 Å². The number of halogens is 1. The van der Waals surface area contributed by atoms with E-state index < -0.39 is 17.1 Å². The molecular weight excluding hydrogens is 353 g/mol. The molecule has 9 heteroatoms. The Balaban J connectivity index is 1.60. The number of anilines is 1. The summed E-state index contributed by atoms with van der Waals surface area (Å²) in [6.07, 6.45) is 5.15. The van der Waals surface area contributed by atoms with Crippen LogP contribution in [0.5, 0.6) is 0 Å². The van der Waals surface area contributed by atoms with Crippen molar-refractivity contribution < 1.29 is 18.8 Å². The molecule has 1 atom stereocenters. The summed E-state index contributed by atoms with van der Waals surface area (Å²) in [7, 11) is 1.77. The van der Waals surface area contributed by atoms with Gasteiger partial charge in [-0.3, -0.25) is 19.1 Å². The molecule has 0 N–H and O–H groups in total. The number of amides is 3. The molecule has 1 aromatic rings. The summed E-state index contributed by atoms with van der Waals surface area (Å²) in [5.41, 5.74) is -1.78. The molecule has 1 saturated carbocycles. The molecule has 1 spiro atoms. The molecule has 2 saturated heterocycles. The van der Waals surface area contributed by atoms with E-state index in [0.717, 1.165) is 6.42 Å². The monoisotopic (exact) mass is 377 g/mol. The molecule has 27 heavy (non-hydrogen) atoms. The number of aromatic nitrogens is 2. The van der Waals surface area contributed by atoms with Gasteiger partial charge in [-0.1, -0.05) is 0 Å². The summed E-state index contributed by atoms with van der Waals surface area (Å²) in [5.74, 6) is -0.865. The first kappa shape index (κ1) is 17.9. The van der Waals surface area contributed by atoms with Gasteiger partial charge in [-0.25, -0.2) is 4.39 Å². The molecule has 1 aliphatic carbocycles. The number of rotatable bonds is 2. The van der Waals surface area contributed by atoms with E-state index in [1.807, 2.05) is 0 Å². The van der Waals surface area contributed by atoms with Crippen LogP contribution in [0.15, 0.2) is 12.4 Å². The van der Waals surface area contributed by atoms with Crippen LogP contribution in [0.3, 0.4) is 0 Å². The molecule has 146 valence electrons. The Morgan fingerprint density at radius 1 is 1.22 bits per heavy atom. The topological polar surface area (TPSA) is 78.8 Å². The van der Waals surface area contributed by atoms with Crippen molar-refractivity contribution in [3.05, 3.63) is 12.4 Å². The SMILES string of the molecule is CC(=O)N1CC(=O)N(c2cnn(C)c2)CC12CCN(C(=O)C1(F)CCC1)C2. The molecule has 0 bridgehead atoms. The highest BCUT2D eigenvalue weighted by Crippen LogP contribution is 2.41. The maximum atomic E-state index is 14.6. The van der Waals surface area contributed by atoms with Crippen molar-refractivity contribution in [1.29, 1.82) is 0 Å². The van der Waals surface area contributed by atoms with E-state index in [9.17, 15) is 18.8 Å². The summed E-state index contributed by atoms with van der Waals surface area (Å²) in [6, 6.07) is 0. The van der Waals surface area contributed by atoms with E-state index >= 15 is 0 Å². The van der Waals surface area contributed by atoms with Gasteiger partial charge in [-0.05, 0) is 25.7 Å². The number of alkyl halides is 1. The highest BCUT2D eigenvalue weighted by Gasteiger charge is 2.55. The van der Waals surface area contributed by atoms with Crippen LogP contribution in [-0.4, -0.2) is 74.7 Å². The van der Waals surface area contributed by atoms with Crippen LogP contribution in [-0.2, 0) is 21.4 Å². The van der Waals surface area contributed by atoms with Crippen LogP contribution >= 0.6 is 0 Å². The van der Waals surface area contributed by atoms with E-state index in [-0.39, 0.29) is 44.3 Å². The quantitative estimate of drug-likeness (QED) is 0.751. The molecular formula is C18H24FN5O3. The van der Waals surface area contributed by atoms with Crippen molar-refractivity contribution in [1.82, 2.24) is 19.6 Å². The van der Waals surface area contributed by atoms with Gasteiger partial charge in [0.2, 0.25) is 11.8 Å². The van der Waals surface area contributed by atoms with Crippen molar-refractivity contribution in [3.63, 3.8) is 0 Å². The first-order valence-electron chi connectivity index (χ1n) is 9.30. The lowest BCUT2D eigenvalue weighted by molar-refractivity contribution is -0.151. The van der Waals surface area contributed by atoms with Gasteiger partial charge < -0.3 is 14.7 Å². The van der Waals surface area contributed by atoms with Crippen LogP contribution in [0.1, 0.15) is 32.6 Å². The van der Waals surface area contributed by atoms with Gasteiger partial charge in [0, 0.05) is 33.3 Å². The molecule has 3 aliphatic rings. The number of aryl methyl sites for hydroxylation is 1. The average Bonchev–Trinajstić information content (AvgIpc) is 3.21. The highest BCUT2D eigenvalue weighted by molar-refractivity contribution is 5.98. The zero-order chi connectivity index (χ0) is 19.4. The second kappa shape index (κ2) is 6.03. The third kappa shape index (κ3) is 2.80. The first-order chi connectivity index (χ1) is 12.7. The average molecular weight is 377 g/mol. The van der Waals surface area contributed by atoms with Crippen LogP contribution in [0.2, 0.25) is 0 Å². The third-order valence-electron chi connectivity index (χ3n) is 6.15. The second-order valence-corrected chi connectivity index (χ2v) is 7.98. The van der Waals surface area contributed by atoms with Crippen LogP contribution in [0.25, 0.3) is 0 Å². The fraction of sp³-hybridized carbons (Fsp3) is 0.667. The van der Waals surface area contributed by atoms with E-state index in [4.69, 9.17) is 0 Å². The van der Waals surface area contributed by atoms with Crippen LogP contribution in [0, 0.1) is 0 Å². The number of piperazine rings is 1. The smallest absolute Gasteiger partial charge is 0.260 e. The minimum absolute atomic E-state index is 0.0486. The maximum Gasteiger partial charge on any atom is 0.260 e. The van der Waals surface area contributed by atoms with E-state index in [0.29, 0.717) is 18.7 Å². The predicted molar refractivity (Wildman–Crippen MR) is 94.6 cm³/mol. The summed E-state index contributed by atoms with van der Waals surface area (Å²) < 4.78 is 16.2. The van der Waals surface area contributed by atoms with Gasteiger partial charge in [-0.15, -0.1) is 0 Å². The van der Waals surface area contributed by atoms with Gasteiger partial charge in [0.25, 0.3) is 5.91 Å². The lowest BCUT2D eigenvalue weighted by Gasteiger charge is -2.48. The minimum Gasteiger partial charge on any atom is -0.337 e. The Kier molecular flexibility index (Phi) is 4.01. The number of hydrogen-bond acceptors (Lipinski definition) is 4. The largest absolute Gasteiger partial charge is 0.337 e. The van der Waals surface area contributed by atoms with Gasteiger partial charge in [0.15, 0.2) is 5.67 Å². The summed E-state index contributed by atoms with van der Waals surface area (Å²) >= 11 is 0. The molecule has 3 fully saturated rings. The van der Waals surface area contributed by atoms with E-state index in [1.54, 1.807) is 33.9 Å². The molecule has 1 unspecified atom stereocenters. The van der Waals surface area contributed by atoms with Crippen molar-refractivity contribution in [3.8, 4) is 0 Å². The van der Waals surface area contributed by atoms with Gasteiger partial charge in [0.1, 0.15) is 6.54 Å². The third-order valence-corrected chi connectivity index (χ3v) is 6.15. The highest BCUT2D eigenvalue weighted by atomic mass is 19.1. The van der Waals surface area contributed by atoms with E-state index in [1.165, 1.54) is 11.8 Å². The molecule has 2 aliphatic heterocycles. The number of carbonyl (C=O) groups is 3. The number of nitrogens with zero attached hydrogens (tertiary/aromatic N) is 5. The Hall–Kier alpha value is -2.45. The number of carbonyl (C=O) groups excluding carboxylic acids is 3.